The summed E-state index contributed by atoms with van der Waals surface area (Å²) in [6.45, 7) is 1.82. The van der Waals surface area contributed by atoms with E-state index >= 15 is 0 Å². The van der Waals surface area contributed by atoms with Gasteiger partial charge in [-0.15, -0.1) is 18.3 Å². The van der Waals surface area contributed by atoms with Crippen LogP contribution < -0.4 is 10.5 Å². The highest BCUT2D eigenvalue weighted by Gasteiger charge is 2.33. The number of alkyl halides is 3. The Morgan fingerprint density at radius 1 is 1.26 bits per heavy atom. The maximum absolute atomic E-state index is 12.3. The molecular weight excluding hydrogens is 259 g/mol. The molecule has 0 saturated heterocycles. The van der Waals surface area contributed by atoms with Crippen molar-refractivity contribution in [2.45, 2.75) is 19.7 Å². The van der Waals surface area contributed by atoms with Crippen LogP contribution in [0.3, 0.4) is 0 Å². The lowest BCUT2D eigenvalue weighted by Crippen LogP contribution is -2.26. The number of hydrogen-bond acceptors (Lipinski definition) is 4. The van der Waals surface area contributed by atoms with Gasteiger partial charge in [0.25, 0.3) is 0 Å². The minimum atomic E-state index is -4.74. The van der Waals surface area contributed by atoms with Gasteiger partial charge in [-0.2, -0.15) is 5.10 Å². The van der Waals surface area contributed by atoms with E-state index in [-0.39, 0.29) is 17.2 Å². The Labute approximate surface area is 107 Å². The van der Waals surface area contributed by atoms with Gasteiger partial charge < -0.3 is 10.5 Å². The van der Waals surface area contributed by atoms with Crippen LogP contribution in [0.1, 0.15) is 18.9 Å². The maximum Gasteiger partial charge on any atom is 0.573 e. The van der Waals surface area contributed by atoms with Crippen molar-refractivity contribution in [2.75, 3.05) is 0 Å². The molecule has 4 nitrogen and oxygen atoms in total. The summed E-state index contributed by atoms with van der Waals surface area (Å²) in [5.74, 6) is -0.0303. The van der Waals surface area contributed by atoms with Crippen LogP contribution in [-0.4, -0.2) is 17.9 Å². The molecule has 7 heteroatoms. The average molecular weight is 271 g/mol. The fourth-order valence-electron chi connectivity index (χ4n) is 1.88. The van der Waals surface area contributed by atoms with Crippen LogP contribution in [0.15, 0.2) is 34.5 Å². The van der Waals surface area contributed by atoms with Gasteiger partial charge in [0.05, 0.1) is 5.71 Å². The van der Waals surface area contributed by atoms with Crippen LogP contribution in [0.25, 0.3) is 0 Å². The summed E-state index contributed by atoms with van der Waals surface area (Å²) in [7, 11) is 0. The second-order valence-electron chi connectivity index (χ2n) is 4.23. The number of halogens is 3. The zero-order valence-electron chi connectivity index (χ0n) is 10.1. The summed E-state index contributed by atoms with van der Waals surface area (Å²) >= 11 is 0. The maximum atomic E-state index is 12.3. The normalized spacial score (nSPS) is 19.7. The zero-order valence-corrected chi connectivity index (χ0v) is 10.1. The standard InChI is InChI=1S/C12H12F3N3O/c1-7-6-10(16)17-18-11(7)8-4-2-3-5-9(8)19-12(13,14)15/h2-5,7H,6H2,1H3,(H2,16,17). The van der Waals surface area contributed by atoms with Crippen molar-refractivity contribution >= 4 is 11.5 Å². The van der Waals surface area contributed by atoms with Gasteiger partial charge in [-0.05, 0) is 12.1 Å². The summed E-state index contributed by atoms with van der Waals surface area (Å²) in [5.41, 5.74) is 6.26. The van der Waals surface area contributed by atoms with E-state index in [1.165, 1.54) is 18.2 Å². The van der Waals surface area contributed by atoms with Crippen molar-refractivity contribution in [3.8, 4) is 5.75 Å². The van der Waals surface area contributed by atoms with E-state index in [2.05, 4.69) is 14.9 Å². The van der Waals surface area contributed by atoms with Gasteiger partial charge in [-0.1, -0.05) is 19.1 Å². The molecule has 1 heterocycles. The Balaban J connectivity index is 2.40. The first-order chi connectivity index (χ1) is 8.87. The Morgan fingerprint density at radius 2 is 1.95 bits per heavy atom. The fraction of sp³-hybridized carbons (Fsp3) is 0.333. The average Bonchev–Trinajstić information content (AvgIpc) is 2.28. The SMILES string of the molecule is CC1CC(N)=NN=C1c1ccccc1OC(F)(F)F. The molecule has 0 fully saturated rings. The molecule has 0 saturated carbocycles. The minimum Gasteiger partial charge on any atom is -0.405 e. The largest absolute Gasteiger partial charge is 0.573 e. The molecule has 19 heavy (non-hydrogen) atoms. The summed E-state index contributed by atoms with van der Waals surface area (Å²) < 4.78 is 41.0. The van der Waals surface area contributed by atoms with E-state index in [0.29, 0.717) is 18.0 Å². The minimum absolute atomic E-state index is 0.115. The van der Waals surface area contributed by atoms with Gasteiger partial charge in [0, 0.05) is 17.9 Å². The summed E-state index contributed by atoms with van der Waals surface area (Å²) in [6.07, 6.45) is -4.28. The lowest BCUT2D eigenvalue weighted by Gasteiger charge is -2.20. The first-order valence-electron chi connectivity index (χ1n) is 5.62. The molecule has 1 aliphatic heterocycles. The van der Waals surface area contributed by atoms with Gasteiger partial charge in [0.1, 0.15) is 11.6 Å². The summed E-state index contributed by atoms with van der Waals surface area (Å²) in [6, 6.07) is 5.86. The van der Waals surface area contributed by atoms with E-state index in [9.17, 15) is 13.2 Å². The lowest BCUT2D eigenvalue weighted by atomic mass is 9.94. The molecule has 102 valence electrons. The van der Waals surface area contributed by atoms with Gasteiger partial charge in [0.2, 0.25) is 0 Å². The van der Waals surface area contributed by atoms with Crippen molar-refractivity contribution in [1.29, 1.82) is 0 Å². The molecule has 1 aliphatic rings. The van der Waals surface area contributed by atoms with Crippen LogP contribution in [-0.2, 0) is 0 Å². The number of nitrogens with two attached hydrogens (primary N) is 1. The number of amidine groups is 1. The summed E-state index contributed by atoms with van der Waals surface area (Å²) in [5, 5.41) is 7.61. The molecule has 0 aromatic heterocycles. The van der Waals surface area contributed by atoms with Crippen LogP contribution in [0.2, 0.25) is 0 Å². The first kappa shape index (κ1) is 13.4. The quantitative estimate of drug-likeness (QED) is 0.899. The number of nitrogens with zero attached hydrogens (tertiary/aromatic N) is 2. The second-order valence-corrected chi connectivity index (χ2v) is 4.23. The van der Waals surface area contributed by atoms with Gasteiger partial charge in [-0.3, -0.25) is 0 Å². The fourth-order valence-corrected chi connectivity index (χ4v) is 1.88. The van der Waals surface area contributed by atoms with Crippen LogP contribution in [0.4, 0.5) is 13.2 Å². The Hall–Kier alpha value is -2.05. The molecule has 0 amide bonds. The van der Waals surface area contributed by atoms with Gasteiger partial charge in [-0.25, -0.2) is 0 Å². The molecule has 0 bridgehead atoms. The van der Waals surface area contributed by atoms with Crippen molar-refractivity contribution < 1.29 is 17.9 Å². The molecule has 1 aromatic carbocycles. The molecule has 1 aromatic rings. The van der Waals surface area contributed by atoms with E-state index in [1.54, 1.807) is 6.07 Å². The van der Waals surface area contributed by atoms with Crippen LogP contribution in [0, 0.1) is 5.92 Å². The van der Waals surface area contributed by atoms with E-state index in [0.717, 1.165) is 0 Å². The van der Waals surface area contributed by atoms with Crippen molar-refractivity contribution in [3.05, 3.63) is 29.8 Å². The topological polar surface area (TPSA) is 60.0 Å². The van der Waals surface area contributed by atoms with Crippen molar-refractivity contribution in [3.63, 3.8) is 0 Å². The van der Waals surface area contributed by atoms with Gasteiger partial charge >= 0.3 is 6.36 Å². The number of hydrogen-bond donors (Lipinski definition) is 1. The molecule has 0 spiro atoms. The molecular formula is C12H12F3N3O. The third-order valence-corrected chi connectivity index (χ3v) is 2.66. The number of benzene rings is 1. The van der Waals surface area contributed by atoms with Crippen LogP contribution in [0.5, 0.6) is 5.75 Å². The predicted molar refractivity (Wildman–Crippen MR) is 65.1 cm³/mol. The number of para-hydroxylation sites is 1. The summed E-state index contributed by atoms with van der Waals surface area (Å²) in [4.78, 5) is 0. The molecule has 1 atom stereocenters. The van der Waals surface area contributed by atoms with E-state index < -0.39 is 6.36 Å². The second kappa shape index (κ2) is 4.91. The van der Waals surface area contributed by atoms with Crippen molar-refractivity contribution in [1.82, 2.24) is 0 Å². The van der Waals surface area contributed by atoms with Crippen molar-refractivity contribution in [2.24, 2.45) is 21.9 Å². The smallest absolute Gasteiger partial charge is 0.405 e. The Bertz CT molecular complexity index is 537. The predicted octanol–water partition coefficient (Wildman–Crippen LogP) is 2.69. The molecule has 1 unspecified atom stereocenters. The monoisotopic (exact) mass is 271 g/mol. The third-order valence-electron chi connectivity index (χ3n) is 2.66. The van der Waals surface area contributed by atoms with Crippen LogP contribution >= 0.6 is 0 Å². The third kappa shape index (κ3) is 3.24. The lowest BCUT2D eigenvalue weighted by molar-refractivity contribution is -0.274. The number of rotatable bonds is 2. The van der Waals surface area contributed by atoms with E-state index in [4.69, 9.17) is 5.73 Å². The zero-order chi connectivity index (χ0) is 14.0. The molecule has 2 rings (SSSR count). The Morgan fingerprint density at radius 3 is 2.58 bits per heavy atom. The van der Waals surface area contributed by atoms with E-state index in [1.807, 2.05) is 6.92 Å². The molecule has 0 aliphatic carbocycles. The molecule has 0 radical (unpaired) electrons. The number of ether oxygens (including phenoxy) is 1. The molecule has 2 N–H and O–H groups in total. The highest BCUT2D eigenvalue weighted by atomic mass is 19.4. The van der Waals surface area contributed by atoms with Gasteiger partial charge in [0.15, 0.2) is 0 Å². The first-order valence-corrected chi connectivity index (χ1v) is 5.62. The highest BCUT2D eigenvalue weighted by molar-refractivity contribution is 6.07. The highest BCUT2D eigenvalue weighted by Crippen LogP contribution is 2.29. The Kier molecular flexibility index (Phi) is 3.46.